The van der Waals surface area contributed by atoms with E-state index in [1.165, 1.54) is 10.5 Å². The van der Waals surface area contributed by atoms with Gasteiger partial charge in [-0.1, -0.05) is 24.8 Å². The molecular formula is C9H10S. The lowest BCUT2D eigenvalue weighted by Crippen LogP contribution is -1.71. The van der Waals surface area contributed by atoms with Crippen LogP contribution in [0.4, 0.5) is 0 Å². The lowest BCUT2D eigenvalue weighted by atomic mass is 10.2. The van der Waals surface area contributed by atoms with E-state index in [4.69, 9.17) is 0 Å². The molecule has 0 aliphatic heterocycles. The molecule has 1 aromatic rings. The quantitative estimate of drug-likeness (QED) is 0.584. The molecule has 1 rings (SSSR count). The molecule has 0 aromatic heterocycles. The Balaban J connectivity index is 2.98. The highest BCUT2D eigenvalue weighted by molar-refractivity contribution is 7.98. The van der Waals surface area contributed by atoms with Gasteiger partial charge in [-0.3, -0.25) is 0 Å². The number of hydrogen-bond donors (Lipinski definition) is 0. The standard InChI is InChI=1S/C9H10S/c1-3-8-5-4-6-9(7-8)10-2/h3-7H,1H2,2H3. The minimum Gasteiger partial charge on any atom is -0.130 e. The molecule has 0 amide bonds. The van der Waals surface area contributed by atoms with Crippen LogP contribution < -0.4 is 0 Å². The molecule has 0 spiro atoms. The van der Waals surface area contributed by atoms with Crippen molar-refractivity contribution in [3.63, 3.8) is 0 Å². The SMILES string of the molecule is C=Cc1cccc(SC)c1. The van der Waals surface area contributed by atoms with Crippen LogP contribution in [0.1, 0.15) is 5.56 Å². The van der Waals surface area contributed by atoms with E-state index in [9.17, 15) is 0 Å². The molecule has 0 atom stereocenters. The van der Waals surface area contributed by atoms with Gasteiger partial charge in [0.05, 0.1) is 0 Å². The summed E-state index contributed by atoms with van der Waals surface area (Å²) in [6.45, 7) is 3.70. The number of rotatable bonds is 2. The van der Waals surface area contributed by atoms with Gasteiger partial charge in [0.15, 0.2) is 0 Å². The highest BCUT2D eigenvalue weighted by atomic mass is 32.2. The normalized spacial score (nSPS) is 9.30. The minimum absolute atomic E-state index is 1.19. The van der Waals surface area contributed by atoms with Crippen molar-refractivity contribution in [2.24, 2.45) is 0 Å². The van der Waals surface area contributed by atoms with Gasteiger partial charge in [-0.25, -0.2) is 0 Å². The first-order chi connectivity index (χ1) is 4.86. The molecule has 0 bridgehead atoms. The minimum atomic E-state index is 1.19. The van der Waals surface area contributed by atoms with Crippen LogP contribution >= 0.6 is 11.8 Å². The third kappa shape index (κ3) is 1.64. The van der Waals surface area contributed by atoms with Crippen LogP contribution in [-0.4, -0.2) is 6.26 Å². The zero-order valence-corrected chi connectivity index (χ0v) is 6.82. The highest BCUT2D eigenvalue weighted by Crippen LogP contribution is 2.15. The average Bonchev–Trinajstić information content (AvgIpc) is 2.05. The van der Waals surface area contributed by atoms with E-state index in [-0.39, 0.29) is 0 Å². The van der Waals surface area contributed by atoms with Gasteiger partial charge in [0, 0.05) is 4.90 Å². The molecule has 52 valence electrons. The summed E-state index contributed by atoms with van der Waals surface area (Å²) in [6.07, 6.45) is 3.93. The Morgan fingerprint density at radius 3 is 2.90 bits per heavy atom. The molecule has 0 unspecified atom stereocenters. The van der Waals surface area contributed by atoms with E-state index in [0.717, 1.165) is 0 Å². The smallest absolute Gasteiger partial charge is 0.00750 e. The second-order valence-corrected chi connectivity index (χ2v) is 2.86. The van der Waals surface area contributed by atoms with Crippen LogP contribution in [0.3, 0.4) is 0 Å². The van der Waals surface area contributed by atoms with Gasteiger partial charge in [-0.05, 0) is 24.0 Å². The second-order valence-electron chi connectivity index (χ2n) is 1.98. The number of thioether (sulfide) groups is 1. The Hall–Kier alpha value is -0.690. The van der Waals surface area contributed by atoms with Crippen LogP contribution in [0, 0.1) is 0 Å². The lowest BCUT2D eigenvalue weighted by Gasteiger charge is -1.95. The van der Waals surface area contributed by atoms with Crippen LogP contribution in [0.25, 0.3) is 6.08 Å². The molecule has 1 heteroatoms. The van der Waals surface area contributed by atoms with Gasteiger partial charge in [0.25, 0.3) is 0 Å². The Kier molecular flexibility index (Phi) is 2.57. The Morgan fingerprint density at radius 2 is 2.30 bits per heavy atom. The predicted molar refractivity (Wildman–Crippen MR) is 48.3 cm³/mol. The van der Waals surface area contributed by atoms with E-state index in [1.807, 2.05) is 18.2 Å². The molecule has 0 saturated heterocycles. The van der Waals surface area contributed by atoms with Crippen LogP contribution in [0.5, 0.6) is 0 Å². The summed E-state index contributed by atoms with van der Waals surface area (Å²) in [5.74, 6) is 0. The first-order valence-electron chi connectivity index (χ1n) is 3.13. The average molecular weight is 150 g/mol. The van der Waals surface area contributed by atoms with E-state index >= 15 is 0 Å². The molecule has 0 N–H and O–H groups in total. The summed E-state index contributed by atoms with van der Waals surface area (Å²) in [7, 11) is 0. The Labute approximate surface area is 66.0 Å². The van der Waals surface area contributed by atoms with Gasteiger partial charge in [-0.2, -0.15) is 0 Å². The van der Waals surface area contributed by atoms with Gasteiger partial charge >= 0.3 is 0 Å². The van der Waals surface area contributed by atoms with E-state index in [1.54, 1.807) is 11.8 Å². The third-order valence-electron chi connectivity index (χ3n) is 1.33. The maximum absolute atomic E-state index is 3.70. The second kappa shape index (κ2) is 3.47. The van der Waals surface area contributed by atoms with Gasteiger partial charge in [0.2, 0.25) is 0 Å². The molecule has 0 aliphatic carbocycles. The largest absolute Gasteiger partial charge is 0.130 e. The summed E-state index contributed by atoms with van der Waals surface area (Å²) in [6, 6.07) is 8.31. The van der Waals surface area contributed by atoms with E-state index in [0.29, 0.717) is 0 Å². The van der Waals surface area contributed by atoms with Crippen molar-refractivity contribution in [3.05, 3.63) is 36.4 Å². The zero-order chi connectivity index (χ0) is 7.40. The summed E-state index contributed by atoms with van der Waals surface area (Å²) in [5, 5.41) is 0. The monoisotopic (exact) mass is 150 g/mol. The van der Waals surface area contributed by atoms with E-state index < -0.39 is 0 Å². The van der Waals surface area contributed by atoms with Crippen molar-refractivity contribution in [2.45, 2.75) is 4.90 Å². The number of hydrogen-bond acceptors (Lipinski definition) is 1. The maximum Gasteiger partial charge on any atom is 0.00750 e. The fraction of sp³-hybridized carbons (Fsp3) is 0.111. The highest BCUT2D eigenvalue weighted by Gasteiger charge is 1.88. The fourth-order valence-corrected chi connectivity index (χ4v) is 1.24. The van der Waals surface area contributed by atoms with Crippen molar-refractivity contribution in [3.8, 4) is 0 Å². The Morgan fingerprint density at radius 1 is 1.50 bits per heavy atom. The van der Waals surface area contributed by atoms with Gasteiger partial charge in [0.1, 0.15) is 0 Å². The van der Waals surface area contributed by atoms with Crippen molar-refractivity contribution >= 4 is 17.8 Å². The van der Waals surface area contributed by atoms with Crippen molar-refractivity contribution in [1.29, 1.82) is 0 Å². The van der Waals surface area contributed by atoms with Gasteiger partial charge < -0.3 is 0 Å². The molecule has 10 heavy (non-hydrogen) atoms. The van der Waals surface area contributed by atoms with Crippen LogP contribution in [0.15, 0.2) is 35.7 Å². The van der Waals surface area contributed by atoms with Crippen LogP contribution in [0.2, 0.25) is 0 Å². The van der Waals surface area contributed by atoms with Crippen molar-refractivity contribution < 1.29 is 0 Å². The fourth-order valence-electron chi connectivity index (χ4n) is 0.768. The molecule has 0 saturated carbocycles. The molecular weight excluding hydrogens is 140 g/mol. The van der Waals surface area contributed by atoms with Crippen LogP contribution in [-0.2, 0) is 0 Å². The maximum atomic E-state index is 3.70. The van der Waals surface area contributed by atoms with Crippen molar-refractivity contribution in [2.75, 3.05) is 6.26 Å². The predicted octanol–water partition coefficient (Wildman–Crippen LogP) is 3.05. The summed E-state index contributed by atoms with van der Waals surface area (Å²) in [4.78, 5) is 1.29. The lowest BCUT2D eigenvalue weighted by molar-refractivity contribution is 1.45. The molecule has 1 aromatic carbocycles. The Bertz CT molecular complexity index is 228. The molecule has 0 heterocycles. The molecule has 0 radical (unpaired) electrons. The molecule has 0 fully saturated rings. The van der Waals surface area contributed by atoms with Gasteiger partial charge in [-0.15, -0.1) is 11.8 Å². The third-order valence-corrected chi connectivity index (χ3v) is 2.05. The number of benzene rings is 1. The summed E-state index contributed by atoms with van der Waals surface area (Å²) < 4.78 is 0. The molecule has 0 nitrogen and oxygen atoms in total. The zero-order valence-electron chi connectivity index (χ0n) is 6.00. The van der Waals surface area contributed by atoms with E-state index in [2.05, 4.69) is 25.0 Å². The van der Waals surface area contributed by atoms with Crippen molar-refractivity contribution in [1.82, 2.24) is 0 Å². The summed E-state index contributed by atoms with van der Waals surface area (Å²) >= 11 is 1.75. The summed E-state index contributed by atoms with van der Waals surface area (Å²) in [5.41, 5.74) is 1.19. The molecule has 0 aliphatic rings. The first kappa shape index (κ1) is 7.42. The first-order valence-corrected chi connectivity index (χ1v) is 4.36. The topological polar surface area (TPSA) is 0 Å².